The Kier molecular flexibility index (Phi) is 6.38. The van der Waals surface area contributed by atoms with Gasteiger partial charge in [0, 0.05) is 47.9 Å². The van der Waals surface area contributed by atoms with Crippen LogP contribution < -0.4 is 9.64 Å². The summed E-state index contributed by atoms with van der Waals surface area (Å²) in [5.74, 6) is 2.71. The third-order valence-electron chi connectivity index (χ3n) is 11.0. The quantitative estimate of drug-likeness (QED) is 0.323. The van der Waals surface area contributed by atoms with E-state index in [9.17, 15) is 5.11 Å². The van der Waals surface area contributed by atoms with Gasteiger partial charge in [0.15, 0.2) is 5.82 Å². The average Bonchev–Trinajstić information content (AvgIpc) is 3.22. The maximum absolute atomic E-state index is 16.7. The summed E-state index contributed by atoms with van der Waals surface area (Å²) in [5.41, 5.74) is 2.91. The van der Waals surface area contributed by atoms with Crippen molar-refractivity contribution in [3.63, 3.8) is 0 Å². The van der Waals surface area contributed by atoms with Gasteiger partial charge in [0.05, 0.1) is 11.2 Å². The van der Waals surface area contributed by atoms with E-state index in [0.29, 0.717) is 52.1 Å². The zero-order chi connectivity index (χ0) is 28.7. The van der Waals surface area contributed by atoms with Crippen LogP contribution in [0.25, 0.3) is 22.2 Å². The number of pyridine rings is 2. The molecule has 2 aromatic heterocycles. The van der Waals surface area contributed by atoms with Gasteiger partial charge >= 0.3 is 0 Å². The molecule has 2 bridgehead atoms. The Morgan fingerprint density at radius 2 is 1.90 bits per heavy atom. The first-order chi connectivity index (χ1) is 20.3. The number of anilines is 1. The Hall–Kier alpha value is -2.64. The van der Waals surface area contributed by atoms with Crippen molar-refractivity contribution in [2.24, 2.45) is 23.7 Å². The standard InChI is InChI=1S/C34H40ClFN4O2/c1-19-13-34(6-3-7-40(34)15-19)18-42-29-12-28(39-16-21-4-5-22(9-21)17-39)26-14-37-32(31(36)33(26)38-29)25-10-23(41)11-27(35)30(25)24-8-20(24)2/h10-12,14,19-22,24,41H,3-9,13,15-18H2,1-2H3/t19-,20-,21?,22?,24-,34+/m1/s1. The maximum atomic E-state index is 16.7. The number of rotatable bonds is 6. The Bertz CT molecular complexity index is 1550. The van der Waals surface area contributed by atoms with Gasteiger partial charge < -0.3 is 14.7 Å². The fourth-order valence-corrected chi connectivity index (χ4v) is 9.32. The number of aromatic nitrogens is 2. The number of phenols is 1. The SMILES string of the molecule is C[C@H]1CN2CCC[C@@]2(COc2cc(N3CC4CCC(C4)C3)c3cnc(-c4cc(O)cc(Cl)c4[C@@H]4C[C@H]4C)c(F)c3n2)C1. The number of fused-ring (bicyclic) bond motifs is 4. The molecule has 0 radical (unpaired) electrons. The zero-order valence-corrected chi connectivity index (χ0v) is 25.3. The highest BCUT2D eigenvalue weighted by Crippen LogP contribution is 2.53. The van der Waals surface area contributed by atoms with Crippen LogP contribution >= 0.6 is 11.6 Å². The van der Waals surface area contributed by atoms with Crippen molar-refractivity contribution in [1.82, 2.24) is 14.9 Å². The van der Waals surface area contributed by atoms with Crippen LogP contribution in [0, 0.1) is 29.5 Å². The largest absolute Gasteiger partial charge is 0.508 e. The van der Waals surface area contributed by atoms with E-state index in [1.807, 2.05) is 6.07 Å². The number of hydrogen-bond donors (Lipinski definition) is 1. The number of phenolic OH excluding ortho intramolecular Hbond substituents is 1. The molecule has 222 valence electrons. The number of piperidine rings is 1. The summed E-state index contributed by atoms with van der Waals surface area (Å²) < 4.78 is 23.3. The van der Waals surface area contributed by atoms with Crippen LogP contribution in [0.5, 0.6) is 11.6 Å². The highest BCUT2D eigenvalue weighted by molar-refractivity contribution is 6.32. The molecule has 0 spiro atoms. The van der Waals surface area contributed by atoms with Crippen molar-refractivity contribution in [2.45, 2.75) is 70.3 Å². The van der Waals surface area contributed by atoms with Gasteiger partial charge in [-0.1, -0.05) is 25.4 Å². The molecule has 8 heteroatoms. The van der Waals surface area contributed by atoms with E-state index in [-0.39, 0.29) is 28.4 Å². The van der Waals surface area contributed by atoms with Crippen molar-refractivity contribution in [3.05, 3.63) is 40.8 Å². The minimum atomic E-state index is -0.481. The lowest BCUT2D eigenvalue weighted by molar-refractivity contribution is 0.111. The Morgan fingerprint density at radius 1 is 1.12 bits per heavy atom. The van der Waals surface area contributed by atoms with Gasteiger partial charge in [0.25, 0.3) is 0 Å². The Balaban J connectivity index is 1.23. The second-order valence-electron chi connectivity index (χ2n) is 14.2. The average molecular weight is 591 g/mol. The first-order valence-electron chi connectivity index (χ1n) is 15.9. The van der Waals surface area contributed by atoms with E-state index in [0.717, 1.165) is 56.7 Å². The van der Waals surface area contributed by atoms with E-state index in [4.69, 9.17) is 26.3 Å². The van der Waals surface area contributed by atoms with Crippen molar-refractivity contribution in [3.8, 4) is 22.9 Å². The van der Waals surface area contributed by atoms with Crippen LogP contribution in [0.4, 0.5) is 10.1 Å². The molecule has 5 aliphatic rings. The van der Waals surface area contributed by atoms with Crippen LogP contribution in [0.1, 0.15) is 70.3 Å². The fourth-order valence-electron chi connectivity index (χ4n) is 8.97. The number of aromatic hydroxyl groups is 1. The predicted molar refractivity (Wildman–Crippen MR) is 164 cm³/mol. The topological polar surface area (TPSA) is 61.7 Å². The lowest BCUT2D eigenvalue weighted by atomic mass is 9.91. The number of ether oxygens (including phenoxy) is 1. The third-order valence-corrected chi connectivity index (χ3v) is 11.4. The van der Waals surface area contributed by atoms with Gasteiger partial charge in [-0.3, -0.25) is 9.88 Å². The summed E-state index contributed by atoms with van der Waals surface area (Å²) in [6.07, 6.45) is 10.0. The smallest absolute Gasteiger partial charge is 0.216 e. The van der Waals surface area contributed by atoms with Crippen molar-refractivity contribution < 1.29 is 14.2 Å². The third kappa shape index (κ3) is 4.45. The molecule has 3 saturated heterocycles. The minimum Gasteiger partial charge on any atom is -0.508 e. The van der Waals surface area contributed by atoms with Gasteiger partial charge in [0.2, 0.25) is 5.88 Å². The second-order valence-corrected chi connectivity index (χ2v) is 14.6. The molecule has 5 fully saturated rings. The number of nitrogens with zero attached hydrogens (tertiary/aromatic N) is 4. The molecule has 1 N–H and O–H groups in total. The van der Waals surface area contributed by atoms with Gasteiger partial charge in [-0.05, 0) is 98.8 Å². The lowest BCUT2D eigenvalue weighted by Gasteiger charge is -2.35. The molecular formula is C34H40ClFN4O2. The molecule has 6 atom stereocenters. The van der Waals surface area contributed by atoms with Crippen molar-refractivity contribution in [2.75, 3.05) is 37.7 Å². The van der Waals surface area contributed by atoms with Crippen LogP contribution in [0.15, 0.2) is 24.4 Å². The Labute approximate surface area is 252 Å². The molecule has 2 unspecified atom stereocenters. The Morgan fingerprint density at radius 3 is 2.67 bits per heavy atom. The predicted octanol–water partition coefficient (Wildman–Crippen LogP) is 7.41. The summed E-state index contributed by atoms with van der Waals surface area (Å²) in [6, 6.07) is 5.18. The highest BCUT2D eigenvalue weighted by atomic mass is 35.5. The second kappa shape index (κ2) is 9.95. The normalized spacial score (nSPS) is 32.1. The van der Waals surface area contributed by atoms with E-state index >= 15 is 4.39 Å². The van der Waals surface area contributed by atoms with Crippen molar-refractivity contribution in [1.29, 1.82) is 0 Å². The maximum Gasteiger partial charge on any atom is 0.216 e. The minimum absolute atomic E-state index is 0.00837. The van der Waals surface area contributed by atoms with Crippen molar-refractivity contribution >= 4 is 28.2 Å². The molecule has 0 amide bonds. The first kappa shape index (κ1) is 26.9. The van der Waals surface area contributed by atoms with Gasteiger partial charge in [-0.15, -0.1) is 0 Å². The van der Waals surface area contributed by atoms with E-state index in [1.54, 1.807) is 18.3 Å². The van der Waals surface area contributed by atoms with E-state index in [2.05, 4.69) is 23.6 Å². The summed E-state index contributed by atoms with van der Waals surface area (Å²) in [4.78, 5) is 14.5. The van der Waals surface area contributed by atoms with Gasteiger partial charge in [-0.2, -0.15) is 0 Å². The lowest BCUT2D eigenvalue weighted by Crippen LogP contribution is -2.43. The van der Waals surface area contributed by atoms with Crippen LogP contribution in [-0.2, 0) is 0 Å². The summed E-state index contributed by atoms with van der Waals surface area (Å²) in [7, 11) is 0. The molecule has 8 rings (SSSR count). The summed E-state index contributed by atoms with van der Waals surface area (Å²) in [5, 5.41) is 11.6. The molecule has 42 heavy (non-hydrogen) atoms. The van der Waals surface area contributed by atoms with Crippen LogP contribution in [-0.4, -0.2) is 58.3 Å². The van der Waals surface area contributed by atoms with Crippen LogP contribution in [0.3, 0.4) is 0 Å². The molecule has 3 aromatic rings. The molecule has 6 nitrogen and oxygen atoms in total. The van der Waals surface area contributed by atoms with E-state index < -0.39 is 5.82 Å². The van der Waals surface area contributed by atoms with E-state index in [1.165, 1.54) is 25.7 Å². The number of benzene rings is 1. The molecule has 1 aromatic carbocycles. The molecule has 2 saturated carbocycles. The number of halogens is 2. The van der Waals surface area contributed by atoms with Gasteiger partial charge in [0.1, 0.15) is 23.6 Å². The summed E-state index contributed by atoms with van der Waals surface area (Å²) in [6.45, 7) is 9.25. The first-order valence-corrected chi connectivity index (χ1v) is 16.3. The molecule has 3 aliphatic heterocycles. The van der Waals surface area contributed by atoms with Gasteiger partial charge in [-0.25, -0.2) is 9.37 Å². The molecule has 5 heterocycles. The summed E-state index contributed by atoms with van der Waals surface area (Å²) >= 11 is 6.64. The molecule has 2 aliphatic carbocycles. The monoisotopic (exact) mass is 590 g/mol. The number of hydrogen-bond acceptors (Lipinski definition) is 6. The zero-order valence-electron chi connectivity index (χ0n) is 24.6. The molecular weight excluding hydrogens is 551 g/mol. The van der Waals surface area contributed by atoms with Crippen LogP contribution in [0.2, 0.25) is 5.02 Å². The fraction of sp³-hybridized carbons (Fsp3) is 0.588. The highest BCUT2D eigenvalue weighted by Gasteiger charge is 2.48.